The predicted octanol–water partition coefficient (Wildman–Crippen LogP) is 1.45. The molecule has 7 nitrogen and oxygen atoms in total. The van der Waals surface area contributed by atoms with Crippen LogP contribution in [0.4, 0.5) is 11.5 Å². The molecule has 1 aliphatic heterocycles. The van der Waals surface area contributed by atoms with Gasteiger partial charge in [0.2, 0.25) is 0 Å². The third kappa shape index (κ3) is 3.42. The maximum Gasteiger partial charge on any atom is 0.185 e. The van der Waals surface area contributed by atoms with E-state index in [0.717, 1.165) is 18.7 Å². The fourth-order valence-corrected chi connectivity index (χ4v) is 2.63. The number of aromatic nitrogens is 2. The number of hydrogen-bond donors (Lipinski definition) is 2. The molecule has 0 spiro atoms. The molecule has 24 heavy (non-hydrogen) atoms. The summed E-state index contributed by atoms with van der Waals surface area (Å²) in [5, 5.41) is 9.75. The van der Waals surface area contributed by atoms with Crippen molar-refractivity contribution in [1.29, 1.82) is 0 Å². The van der Waals surface area contributed by atoms with Crippen molar-refractivity contribution in [3.63, 3.8) is 0 Å². The van der Waals surface area contributed by atoms with Gasteiger partial charge in [0.05, 0.1) is 26.4 Å². The number of nitrogens with zero attached hydrogens (tertiary/aromatic N) is 3. The average molecular weight is 330 g/mol. The summed E-state index contributed by atoms with van der Waals surface area (Å²) >= 11 is 0. The minimum atomic E-state index is -0.211. The summed E-state index contributed by atoms with van der Waals surface area (Å²) in [6.45, 7) is 4.90. The fourth-order valence-electron chi connectivity index (χ4n) is 2.63. The summed E-state index contributed by atoms with van der Waals surface area (Å²) in [5.41, 5.74) is 7.76. The minimum absolute atomic E-state index is 0.211. The Morgan fingerprint density at radius 1 is 1.21 bits per heavy atom. The van der Waals surface area contributed by atoms with Crippen LogP contribution in [0.15, 0.2) is 24.3 Å². The average Bonchev–Trinajstić information content (AvgIpc) is 2.63. The summed E-state index contributed by atoms with van der Waals surface area (Å²) in [7, 11) is 0. The fraction of sp³-hybridized carbons (Fsp3) is 0.412. The lowest BCUT2D eigenvalue weighted by Gasteiger charge is -2.30. The summed E-state index contributed by atoms with van der Waals surface area (Å²) in [4.78, 5) is 11.3. The first-order valence-electron chi connectivity index (χ1n) is 8.06. The molecular weight excluding hydrogens is 308 g/mol. The van der Waals surface area contributed by atoms with E-state index in [-0.39, 0.29) is 6.61 Å². The Balaban J connectivity index is 2.08. The number of aliphatic hydroxyl groups excluding tert-OH is 1. The van der Waals surface area contributed by atoms with Crippen molar-refractivity contribution >= 4 is 11.5 Å². The number of benzene rings is 1. The van der Waals surface area contributed by atoms with Gasteiger partial charge in [-0.15, -0.1) is 0 Å². The zero-order valence-electron chi connectivity index (χ0n) is 13.7. The number of nitrogen functional groups attached to an aromatic ring is 1. The largest absolute Gasteiger partial charge is 0.488 e. The van der Waals surface area contributed by atoms with Crippen molar-refractivity contribution in [2.75, 3.05) is 43.5 Å². The molecule has 0 amide bonds. The maximum absolute atomic E-state index is 9.75. The number of aliphatic hydroxyl groups is 1. The molecule has 3 rings (SSSR count). The van der Waals surface area contributed by atoms with Gasteiger partial charge in [0, 0.05) is 24.3 Å². The SMILES string of the molecule is CCOc1c(CO)nc(-c2ccc(N)cc2)nc1N1CCOCC1. The van der Waals surface area contributed by atoms with Gasteiger partial charge in [-0.05, 0) is 31.2 Å². The Bertz CT molecular complexity index is 685. The third-order valence-electron chi connectivity index (χ3n) is 3.84. The van der Waals surface area contributed by atoms with Crippen LogP contribution in [-0.2, 0) is 11.3 Å². The predicted molar refractivity (Wildman–Crippen MR) is 92.0 cm³/mol. The van der Waals surface area contributed by atoms with Gasteiger partial charge < -0.3 is 25.2 Å². The summed E-state index contributed by atoms with van der Waals surface area (Å²) < 4.78 is 11.2. The van der Waals surface area contributed by atoms with Crippen LogP contribution in [0.2, 0.25) is 0 Å². The normalized spacial score (nSPS) is 14.7. The standard InChI is InChI=1S/C17H22N4O3/c1-2-24-15-14(11-22)19-16(12-3-5-13(18)6-4-12)20-17(15)21-7-9-23-10-8-21/h3-6,22H,2,7-11,18H2,1H3. The highest BCUT2D eigenvalue weighted by Gasteiger charge is 2.22. The molecule has 0 atom stereocenters. The summed E-state index contributed by atoms with van der Waals surface area (Å²) in [6, 6.07) is 7.36. The molecule has 1 saturated heterocycles. The lowest BCUT2D eigenvalue weighted by atomic mass is 10.2. The van der Waals surface area contributed by atoms with Crippen LogP contribution in [-0.4, -0.2) is 48.0 Å². The second-order valence-corrected chi connectivity index (χ2v) is 5.46. The third-order valence-corrected chi connectivity index (χ3v) is 3.84. The monoisotopic (exact) mass is 330 g/mol. The van der Waals surface area contributed by atoms with E-state index >= 15 is 0 Å². The molecule has 0 aliphatic carbocycles. The topological polar surface area (TPSA) is 93.7 Å². The molecule has 1 fully saturated rings. The van der Waals surface area contributed by atoms with Gasteiger partial charge in [0.1, 0.15) is 5.69 Å². The van der Waals surface area contributed by atoms with Crippen molar-refractivity contribution in [3.05, 3.63) is 30.0 Å². The van der Waals surface area contributed by atoms with E-state index in [0.29, 0.717) is 48.6 Å². The van der Waals surface area contributed by atoms with Gasteiger partial charge in [-0.3, -0.25) is 0 Å². The molecule has 2 aromatic rings. The van der Waals surface area contributed by atoms with E-state index in [9.17, 15) is 5.11 Å². The molecule has 0 radical (unpaired) electrons. The van der Waals surface area contributed by atoms with Gasteiger partial charge >= 0.3 is 0 Å². The number of morpholine rings is 1. The van der Waals surface area contributed by atoms with E-state index in [1.54, 1.807) is 0 Å². The van der Waals surface area contributed by atoms with Gasteiger partial charge in [-0.2, -0.15) is 0 Å². The molecule has 1 aromatic heterocycles. The number of ether oxygens (including phenoxy) is 2. The van der Waals surface area contributed by atoms with Crippen LogP contribution in [0.3, 0.4) is 0 Å². The Labute approximate surface area is 141 Å². The van der Waals surface area contributed by atoms with Gasteiger partial charge in [-0.1, -0.05) is 0 Å². The highest BCUT2D eigenvalue weighted by molar-refractivity contribution is 5.64. The first-order valence-corrected chi connectivity index (χ1v) is 8.06. The Morgan fingerprint density at radius 3 is 2.54 bits per heavy atom. The quantitative estimate of drug-likeness (QED) is 0.801. The van der Waals surface area contributed by atoms with Gasteiger partial charge in [-0.25, -0.2) is 9.97 Å². The van der Waals surface area contributed by atoms with E-state index in [1.807, 2.05) is 31.2 Å². The van der Waals surface area contributed by atoms with E-state index in [1.165, 1.54) is 0 Å². The lowest BCUT2D eigenvalue weighted by Crippen LogP contribution is -2.37. The Kier molecular flexibility index (Phi) is 5.12. The van der Waals surface area contributed by atoms with Crippen LogP contribution in [0.5, 0.6) is 5.75 Å². The second kappa shape index (κ2) is 7.46. The number of anilines is 2. The summed E-state index contributed by atoms with van der Waals surface area (Å²) in [6.07, 6.45) is 0. The van der Waals surface area contributed by atoms with Crippen LogP contribution >= 0.6 is 0 Å². The zero-order valence-corrected chi connectivity index (χ0v) is 13.7. The molecule has 7 heteroatoms. The van der Waals surface area contributed by atoms with Crippen LogP contribution in [0.25, 0.3) is 11.4 Å². The Morgan fingerprint density at radius 2 is 1.92 bits per heavy atom. The van der Waals surface area contributed by atoms with Crippen LogP contribution in [0, 0.1) is 0 Å². The van der Waals surface area contributed by atoms with Gasteiger partial charge in [0.25, 0.3) is 0 Å². The first-order chi connectivity index (χ1) is 11.7. The van der Waals surface area contributed by atoms with Crippen molar-refractivity contribution in [1.82, 2.24) is 9.97 Å². The second-order valence-electron chi connectivity index (χ2n) is 5.46. The molecule has 0 bridgehead atoms. The maximum atomic E-state index is 9.75. The molecule has 2 heterocycles. The van der Waals surface area contributed by atoms with Crippen molar-refractivity contribution in [3.8, 4) is 17.1 Å². The summed E-state index contributed by atoms with van der Waals surface area (Å²) in [5.74, 6) is 1.79. The molecule has 1 aliphatic rings. The van der Waals surface area contributed by atoms with Crippen molar-refractivity contribution in [2.24, 2.45) is 0 Å². The van der Waals surface area contributed by atoms with Crippen LogP contribution in [0.1, 0.15) is 12.6 Å². The molecule has 3 N–H and O–H groups in total. The highest BCUT2D eigenvalue weighted by atomic mass is 16.5. The molecule has 0 saturated carbocycles. The molecule has 1 aromatic carbocycles. The van der Waals surface area contributed by atoms with E-state index < -0.39 is 0 Å². The first kappa shape index (κ1) is 16.5. The molecule has 0 unspecified atom stereocenters. The zero-order chi connectivity index (χ0) is 16.9. The van der Waals surface area contributed by atoms with E-state index in [2.05, 4.69) is 9.88 Å². The molecular formula is C17H22N4O3. The smallest absolute Gasteiger partial charge is 0.185 e. The van der Waals surface area contributed by atoms with E-state index in [4.69, 9.17) is 20.2 Å². The van der Waals surface area contributed by atoms with Crippen molar-refractivity contribution in [2.45, 2.75) is 13.5 Å². The van der Waals surface area contributed by atoms with Crippen LogP contribution < -0.4 is 15.4 Å². The number of nitrogens with two attached hydrogens (primary N) is 1. The highest BCUT2D eigenvalue weighted by Crippen LogP contribution is 2.33. The lowest BCUT2D eigenvalue weighted by molar-refractivity contribution is 0.122. The number of rotatable bonds is 5. The Hall–Kier alpha value is -2.38. The minimum Gasteiger partial charge on any atom is -0.488 e. The molecule has 128 valence electrons. The number of hydrogen-bond acceptors (Lipinski definition) is 7. The van der Waals surface area contributed by atoms with Gasteiger partial charge in [0.15, 0.2) is 17.4 Å². The van der Waals surface area contributed by atoms with Crippen molar-refractivity contribution < 1.29 is 14.6 Å².